The lowest BCUT2D eigenvalue weighted by Gasteiger charge is -2.44. The third kappa shape index (κ3) is 6.63. The van der Waals surface area contributed by atoms with Crippen molar-refractivity contribution in [1.29, 1.82) is 0 Å². The highest BCUT2D eigenvalue weighted by atomic mass is 35.5. The Hall–Kier alpha value is -2.63. The molecule has 0 bridgehead atoms. The van der Waals surface area contributed by atoms with Gasteiger partial charge >= 0.3 is 6.36 Å². The lowest BCUT2D eigenvalue weighted by Crippen LogP contribution is -2.60. The van der Waals surface area contributed by atoms with Crippen molar-refractivity contribution >= 4 is 34.4 Å². The van der Waals surface area contributed by atoms with E-state index in [1.807, 2.05) is 0 Å². The predicted molar refractivity (Wildman–Crippen MR) is 128 cm³/mol. The van der Waals surface area contributed by atoms with Crippen molar-refractivity contribution in [2.75, 3.05) is 6.54 Å². The summed E-state index contributed by atoms with van der Waals surface area (Å²) in [5.74, 6) is -1.74. The molecule has 1 heterocycles. The molecule has 2 fully saturated rings. The molecular formula is C25H28ClF3N2O6. The maximum atomic E-state index is 12.8. The zero-order valence-corrected chi connectivity index (χ0v) is 20.7. The molecule has 37 heavy (non-hydrogen) atoms. The Bertz CT molecular complexity index is 1210. The van der Waals surface area contributed by atoms with Crippen LogP contribution in [0, 0.1) is 5.92 Å². The Balaban J connectivity index is 1.32. The minimum Gasteiger partial charge on any atom is -0.451 e. The van der Waals surface area contributed by atoms with Gasteiger partial charge in [0.05, 0.1) is 23.1 Å². The Morgan fingerprint density at radius 2 is 1.97 bits per heavy atom. The second kappa shape index (κ2) is 11.0. The van der Waals surface area contributed by atoms with E-state index in [9.17, 15) is 32.7 Å². The molecule has 4 rings (SSSR count). The van der Waals surface area contributed by atoms with Crippen molar-refractivity contribution in [2.45, 2.75) is 75.5 Å². The molecule has 3 N–H and O–H groups in total. The molecule has 202 valence electrons. The van der Waals surface area contributed by atoms with E-state index in [2.05, 4.69) is 15.4 Å². The Kier molecular flexibility index (Phi) is 8.15. The van der Waals surface area contributed by atoms with Crippen molar-refractivity contribution in [3.8, 4) is 0 Å². The van der Waals surface area contributed by atoms with Crippen molar-refractivity contribution < 1.29 is 37.0 Å². The number of nitrogens with one attached hydrogen (secondary N) is 2. The molecule has 2 atom stereocenters. The van der Waals surface area contributed by atoms with Gasteiger partial charge in [-0.2, -0.15) is 0 Å². The van der Waals surface area contributed by atoms with Gasteiger partial charge in [-0.05, 0) is 56.7 Å². The molecule has 2 aromatic rings. The highest BCUT2D eigenvalue weighted by Crippen LogP contribution is 2.37. The third-order valence-corrected chi connectivity index (χ3v) is 7.36. The molecular weight excluding hydrogens is 517 g/mol. The molecule has 0 aliphatic heterocycles. The van der Waals surface area contributed by atoms with Crippen molar-refractivity contribution in [1.82, 2.24) is 10.6 Å². The van der Waals surface area contributed by atoms with Crippen LogP contribution < -0.4 is 16.1 Å². The van der Waals surface area contributed by atoms with Crippen LogP contribution in [0.2, 0.25) is 5.02 Å². The molecule has 2 amide bonds. The molecule has 2 saturated carbocycles. The Labute approximate surface area is 215 Å². The van der Waals surface area contributed by atoms with Crippen LogP contribution in [0.1, 0.15) is 61.9 Å². The fourth-order valence-electron chi connectivity index (χ4n) is 5.07. The second-order valence-corrected chi connectivity index (χ2v) is 10.2. The number of amides is 2. The number of rotatable bonds is 8. The minimum absolute atomic E-state index is 0.0310. The average molecular weight is 545 g/mol. The maximum Gasteiger partial charge on any atom is 0.522 e. The fourth-order valence-corrected chi connectivity index (χ4v) is 5.24. The lowest BCUT2D eigenvalue weighted by atomic mass is 9.74. The fraction of sp³-hybridized carbons (Fsp3) is 0.560. The number of hydrogen-bond acceptors (Lipinski definition) is 6. The van der Waals surface area contributed by atoms with Gasteiger partial charge < -0.3 is 20.2 Å². The Morgan fingerprint density at radius 3 is 2.68 bits per heavy atom. The van der Waals surface area contributed by atoms with Crippen LogP contribution in [0.15, 0.2) is 33.5 Å². The van der Waals surface area contributed by atoms with Gasteiger partial charge in [0.25, 0.3) is 5.91 Å². The number of carbonyl (C=O) groups is 2. The Morgan fingerprint density at radius 1 is 1.22 bits per heavy atom. The average Bonchev–Trinajstić information content (AvgIpc) is 2.80. The molecule has 0 radical (unpaired) electrons. The van der Waals surface area contributed by atoms with Gasteiger partial charge in [0.15, 0.2) is 11.2 Å². The van der Waals surface area contributed by atoms with Crippen molar-refractivity contribution in [2.24, 2.45) is 5.92 Å². The monoisotopic (exact) mass is 544 g/mol. The molecule has 8 nitrogen and oxygen atoms in total. The van der Waals surface area contributed by atoms with E-state index in [1.54, 1.807) is 6.07 Å². The van der Waals surface area contributed by atoms with Crippen LogP contribution in [0.5, 0.6) is 0 Å². The number of fused-ring (bicyclic) bond motifs is 1. The second-order valence-electron chi connectivity index (χ2n) is 9.74. The number of benzene rings is 1. The van der Waals surface area contributed by atoms with Crippen LogP contribution in [0.25, 0.3) is 11.0 Å². The zero-order chi connectivity index (χ0) is 26.8. The standard InChI is InChI=1S/C25H28ClF3N2O6/c26-15-5-6-19-17(12-15)18(32)13-20(36-19)23(35)30-9-3-8-24(7-2-1-4-21(24)33)31-22(34)14-10-16(11-14)37-25(27,28)29/h5-6,12-14,16,21,33H,1-4,7-11H2,(H,30,35)(H,31,34)/t14-,16+,21-,24?/m0/s1. The summed E-state index contributed by atoms with van der Waals surface area (Å²) in [4.78, 5) is 37.6. The van der Waals surface area contributed by atoms with Crippen LogP contribution >= 0.6 is 11.6 Å². The number of ether oxygens (including phenoxy) is 1. The van der Waals surface area contributed by atoms with Gasteiger partial charge in [-0.15, -0.1) is 13.2 Å². The number of halogens is 4. The van der Waals surface area contributed by atoms with E-state index in [-0.39, 0.29) is 36.1 Å². The summed E-state index contributed by atoms with van der Waals surface area (Å²) in [5.41, 5.74) is -1.10. The first-order valence-corrected chi connectivity index (χ1v) is 12.6. The van der Waals surface area contributed by atoms with Gasteiger partial charge in [0.1, 0.15) is 5.58 Å². The summed E-state index contributed by atoms with van der Waals surface area (Å²) in [5, 5.41) is 17.0. The van der Waals surface area contributed by atoms with E-state index in [4.69, 9.17) is 16.0 Å². The first-order valence-electron chi connectivity index (χ1n) is 12.2. The molecule has 1 aromatic carbocycles. The van der Waals surface area contributed by atoms with E-state index < -0.39 is 47.3 Å². The van der Waals surface area contributed by atoms with Crippen molar-refractivity contribution in [3.05, 3.63) is 45.3 Å². The molecule has 12 heteroatoms. The van der Waals surface area contributed by atoms with Gasteiger partial charge in [-0.25, -0.2) is 0 Å². The largest absolute Gasteiger partial charge is 0.522 e. The summed E-state index contributed by atoms with van der Waals surface area (Å²) < 4.78 is 46.6. The normalized spacial score (nSPS) is 25.9. The number of hydrogen-bond donors (Lipinski definition) is 3. The first kappa shape index (κ1) is 27.4. The third-order valence-electron chi connectivity index (χ3n) is 7.12. The quantitative estimate of drug-likeness (QED) is 0.431. The lowest BCUT2D eigenvalue weighted by molar-refractivity contribution is -0.353. The van der Waals surface area contributed by atoms with Crippen LogP contribution in [-0.2, 0) is 9.53 Å². The summed E-state index contributed by atoms with van der Waals surface area (Å²) in [7, 11) is 0. The van der Waals surface area contributed by atoms with E-state index in [1.165, 1.54) is 12.1 Å². The topological polar surface area (TPSA) is 118 Å². The molecule has 1 aromatic heterocycles. The number of alkyl halides is 3. The predicted octanol–water partition coefficient (Wildman–Crippen LogP) is 4.06. The van der Waals surface area contributed by atoms with E-state index >= 15 is 0 Å². The minimum atomic E-state index is -4.74. The van der Waals surface area contributed by atoms with Crippen LogP contribution in [-0.4, -0.2) is 47.6 Å². The smallest absolute Gasteiger partial charge is 0.451 e. The maximum absolute atomic E-state index is 12.8. The van der Waals surface area contributed by atoms with Crippen LogP contribution in [0.3, 0.4) is 0 Å². The zero-order valence-electron chi connectivity index (χ0n) is 19.9. The summed E-state index contributed by atoms with van der Waals surface area (Å²) in [6.45, 7) is 0.191. The molecule has 2 aliphatic carbocycles. The SMILES string of the molecule is O=C(NCCCC1(NC(=O)[C@H]2C[C@@H](OC(F)(F)F)C2)CCCC[C@@H]1O)c1cc(=O)c2cc(Cl)ccc2o1. The summed E-state index contributed by atoms with van der Waals surface area (Å²) in [6.07, 6.45) is -3.30. The van der Waals surface area contributed by atoms with Crippen molar-refractivity contribution in [3.63, 3.8) is 0 Å². The van der Waals surface area contributed by atoms with E-state index in [0.29, 0.717) is 30.7 Å². The summed E-state index contributed by atoms with van der Waals surface area (Å²) in [6, 6.07) is 5.60. The number of aliphatic hydroxyl groups excluding tert-OH is 1. The first-order chi connectivity index (χ1) is 17.5. The number of aliphatic hydroxyl groups is 1. The van der Waals surface area contributed by atoms with Crippen LogP contribution in [0.4, 0.5) is 13.2 Å². The number of carbonyl (C=O) groups excluding carboxylic acids is 2. The molecule has 1 unspecified atom stereocenters. The highest BCUT2D eigenvalue weighted by molar-refractivity contribution is 6.31. The van der Waals surface area contributed by atoms with Gasteiger partial charge in [0, 0.05) is 23.6 Å². The summed E-state index contributed by atoms with van der Waals surface area (Å²) >= 11 is 5.90. The van der Waals surface area contributed by atoms with E-state index in [0.717, 1.165) is 18.9 Å². The van der Waals surface area contributed by atoms with Gasteiger partial charge in [-0.3, -0.25) is 19.1 Å². The van der Waals surface area contributed by atoms with Gasteiger partial charge in [-0.1, -0.05) is 24.4 Å². The molecule has 2 aliphatic rings. The molecule has 0 spiro atoms. The molecule has 0 saturated heterocycles. The van der Waals surface area contributed by atoms with Gasteiger partial charge in [0.2, 0.25) is 5.91 Å². The highest BCUT2D eigenvalue weighted by Gasteiger charge is 2.46.